The average Bonchev–Trinajstić information content (AvgIpc) is 2.26. The van der Waals surface area contributed by atoms with Gasteiger partial charge in [-0.1, -0.05) is 60.4 Å². The molecule has 0 fully saturated rings. The van der Waals surface area contributed by atoms with Crippen molar-refractivity contribution in [3.8, 4) is 0 Å². The summed E-state index contributed by atoms with van der Waals surface area (Å²) in [6.45, 7) is 2.04. The van der Waals surface area contributed by atoms with Gasteiger partial charge >= 0.3 is 0 Å². The maximum atomic E-state index is 5.27. The summed E-state index contributed by atoms with van der Waals surface area (Å²) in [4.78, 5) is 3.15. The highest BCUT2D eigenvalue weighted by Crippen LogP contribution is 2.28. The number of allylic oxidation sites excluding steroid dienone is 1. The van der Waals surface area contributed by atoms with Gasteiger partial charge in [-0.05, 0) is 12.5 Å². The van der Waals surface area contributed by atoms with E-state index in [9.17, 15) is 0 Å². The largest absolute Gasteiger partial charge is 0.363 e. The SMILES string of the molecule is CC=C(SC(=S)N(C)C)c1ccccc1. The van der Waals surface area contributed by atoms with Crippen LogP contribution in [0.1, 0.15) is 12.5 Å². The molecule has 15 heavy (non-hydrogen) atoms. The van der Waals surface area contributed by atoms with Crippen LogP contribution in [0.3, 0.4) is 0 Å². The van der Waals surface area contributed by atoms with E-state index in [1.807, 2.05) is 44.1 Å². The Bertz CT molecular complexity index is 355. The van der Waals surface area contributed by atoms with Gasteiger partial charge in [-0.25, -0.2) is 0 Å². The number of hydrogen-bond acceptors (Lipinski definition) is 2. The van der Waals surface area contributed by atoms with Crippen LogP contribution in [0.5, 0.6) is 0 Å². The predicted molar refractivity (Wildman–Crippen MR) is 74.0 cm³/mol. The molecule has 0 aromatic heterocycles. The Morgan fingerprint density at radius 2 is 1.87 bits per heavy atom. The molecule has 0 aliphatic carbocycles. The van der Waals surface area contributed by atoms with Crippen molar-refractivity contribution in [2.75, 3.05) is 14.1 Å². The third-order valence-corrected chi connectivity index (χ3v) is 3.73. The Balaban J connectivity index is 2.79. The van der Waals surface area contributed by atoms with Gasteiger partial charge < -0.3 is 4.90 Å². The van der Waals surface area contributed by atoms with Crippen molar-refractivity contribution < 1.29 is 0 Å². The van der Waals surface area contributed by atoms with E-state index >= 15 is 0 Å². The first-order chi connectivity index (χ1) is 7.15. The van der Waals surface area contributed by atoms with Crippen LogP contribution in [0.4, 0.5) is 0 Å². The first kappa shape index (κ1) is 12.3. The van der Waals surface area contributed by atoms with Crippen LogP contribution in [0.15, 0.2) is 36.4 Å². The van der Waals surface area contributed by atoms with E-state index in [-0.39, 0.29) is 0 Å². The van der Waals surface area contributed by atoms with Crippen LogP contribution >= 0.6 is 24.0 Å². The zero-order valence-corrected chi connectivity index (χ0v) is 10.9. The maximum Gasteiger partial charge on any atom is 0.140 e. The molecule has 0 amide bonds. The lowest BCUT2D eigenvalue weighted by atomic mass is 10.2. The lowest BCUT2D eigenvalue weighted by molar-refractivity contribution is 0.648. The fraction of sp³-hybridized carbons (Fsp3) is 0.250. The second-order valence-electron chi connectivity index (χ2n) is 3.28. The summed E-state index contributed by atoms with van der Waals surface area (Å²) in [5.41, 5.74) is 1.22. The number of benzene rings is 1. The third-order valence-electron chi connectivity index (χ3n) is 1.88. The molecule has 0 atom stereocenters. The van der Waals surface area contributed by atoms with Gasteiger partial charge in [-0.2, -0.15) is 0 Å². The monoisotopic (exact) mass is 237 g/mol. The lowest BCUT2D eigenvalue weighted by Crippen LogP contribution is -2.15. The summed E-state index contributed by atoms with van der Waals surface area (Å²) < 4.78 is 0.881. The van der Waals surface area contributed by atoms with Gasteiger partial charge in [0.2, 0.25) is 0 Å². The Hall–Kier alpha value is -0.800. The molecule has 0 saturated carbocycles. The molecule has 1 rings (SSSR count). The molecule has 0 unspecified atom stereocenters. The summed E-state index contributed by atoms with van der Waals surface area (Å²) in [5.74, 6) is 0. The second kappa shape index (κ2) is 5.93. The summed E-state index contributed by atoms with van der Waals surface area (Å²) in [5, 5.41) is 0. The minimum Gasteiger partial charge on any atom is -0.363 e. The van der Waals surface area contributed by atoms with Gasteiger partial charge in [0, 0.05) is 19.0 Å². The molecule has 0 saturated heterocycles. The number of nitrogens with zero attached hydrogens (tertiary/aromatic N) is 1. The van der Waals surface area contributed by atoms with Crippen LogP contribution in [-0.2, 0) is 0 Å². The predicted octanol–water partition coefficient (Wildman–Crippen LogP) is 3.63. The van der Waals surface area contributed by atoms with Gasteiger partial charge in [0.1, 0.15) is 4.32 Å². The molecule has 0 N–H and O–H groups in total. The molecule has 0 heterocycles. The molecular formula is C12H15NS2. The summed E-state index contributed by atoms with van der Waals surface area (Å²) in [6, 6.07) is 10.3. The molecular weight excluding hydrogens is 222 g/mol. The molecule has 1 nitrogen and oxygen atoms in total. The van der Waals surface area contributed by atoms with Crippen molar-refractivity contribution in [2.24, 2.45) is 0 Å². The van der Waals surface area contributed by atoms with E-state index in [0.717, 1.165) is 4.32 Å². The molecule has 1 aromatic carbocycles. The molecule has 1 aromatic rings. The van der Waals surface area contributed by atoms with E-state index < -0.39 is 0 Å². The zero-order chi connectivity index (χ0) is 11.3. The van der Waals surface area contributed by atoms with Gasteiger partial charge in [0.15, 0.2) is 0 Å². The van der Waals surface area contributed by atoms with Gasteiger partial charge in [0.05, 0.1) is 0 Å². The molecule has 3 heteroatoms. The zero-order valence-electron chi connectivity index (χ0n) is 9.23. The Kier molecular flexibility index (Phi) is 4.85. The van der Waals surface area contributed by atoms with E-state index in [1.54, 1.807) is 11.8 Å². The topological polar surface area (TPSA) is 3.24 Å². The average molecular weight is 237 g/mol. The lowest BCUT2D eigenvalue weighted by Gasteiger charge is -2.14. The molecule has 80 valence electrons. The molecule has 0 aliphatic heterocycles. The van der Waals surface area contributed by atoms with Crippen molar-refractivity contribution in [2.45, 2.75) is 6.92 Å². The molecule has 0 bridgehead atoms. The van der Waals surface area contributed by atoms with Crippen molar-refractivity contribution in [3.63, 3.8) is 0 Å². The minimum absolute atomic E-state index is 0.881. The normalized spacial score (nSPS) is 11.3. The van der Waals surface area contributed by atoms with Gasteiger partial charge in [-0.15, -0.1) is 0 Å². The van der Waals surface area contributed by atoms with E-state index in [2.05, 4.69) is 18.2 Å². The maximum absolute atomic E-state index is 5.27. The second-order valence-corrected chi connectivity index (χ2v) is 4.96. The smallest absolute Gasteiger partial charge is 0.140 e. The van der Waals surface area contributed by atoms with Crippen molar-refractivity contribution in [1.82, 2.24) is 4.90 Å². The van der Waals surface area contributed by atoms with E-state index in [1.165, 1.54) is 10.5 Å². The number of hydrogen-bond donors (Lipinski definition) is 0. The van der Waals surface area contributed by atoms with Crippen LogP contribution in [0.2, 0.25) is 0 Å². The highest BCUT2D eigenvalue weighted by Gasteiger charge is 2.06. The molecule has 0 spiro atoms. The van der Waals surface area contributed by atoms with Crippen molar-refractivity contribution in [1.29, 1.82) is 0 Å². The van der Waals surface area contributed by atoms with Crippen molar-refractivity contribution >= 4 is 33.2 Å². The Labute approximate surface area is 101 Å². The first-order valence-electron chi connectivity index (χ1n) is 4.76. The number of rotatable bonds is 2. The Morgan fingerprint density at radius 1 is 1.27 bits per heavy atom. The Morgan fingerprint density at radius 3 is 2.33 bits per heavy atom. The fourth-order valence-electron chi connectivity index (χ4n) is 1.07. The first-order valence-corrected chi connectivity index (χ1v) is 5.98. The number of thioether (sulfide) groups is 1. The van der Waals surface area contributed by atoms with Crippen LogP contribution < -0.4 is 0 Å². The quantitative estimate of drug-likeness (QED) is 0.723. The highest BCUT2D eigenvalue weighted by molar-refractivity contribution is 8.29. The highest BCUT2D eigenvalue weighted by atomic mass is 32.2. The van der Waals surface area contributed by atoms with Crippen molar-refractivity contribution in [3.05, 3.63) is 42.0 Å². The van der Waals surface area contributed by atoms with Crippen LogP contribution in [-0.4, -0.2) is 23.3 Å². The standard InChI is InChI=1S/C12H15NS2/c1-4-11(15-12(14)13(2)3)10-8-6-5-7-9-10/h4-9H,1-3H3. The molecule has 0 radical (unpaired) electrons. The van der Waals surface area contributed by atoms with E-state index in [4.69, 9.17) is 12.2 Å². The summed E-state index contributed by atoms with van der Waals surface area (Å²) in [7, 11) is 3.93. The van der Waals surface area contributed by atoms with Gasteiger partial charge in [-0.3, -0.25) is 0 Å². The van der Waals surface area contributed by atoms with Crippen LogP contribution in [0, 0.1) is 0 Å². The molecule has 0 aliphatic rings. The summed E-state index contributed by atoms with van der Waals surface area (Å²) >= 11 is 6.89. The fourth-order valence-corrected chi connectivity index (χ4v) is 2.08. The summed E-state index contributed by atoms with van der Waals surface area (Å²) in [6.07, 6.45) is 2.09. The third kappa shape index (κ3) is 3.68. The van der Waals surface area contributed by atoms with E-state index in [0.29, 0.717) is 0 Å². The number of thiocarbonyl (C=S) groups is 1. The van der Waals surface area contributed by atoms with Gasteiger partial charge in [0.25, 0.3) is 0 Å². The minimum atomic E-state index is 0.881. The van der Waals surface area contributed by atoms with Crippen LogP contribution in [0.25, 0.3) is 4.91 Å².